The maximum atomic E-state index is 12.8. The number of para-hydroxylation sites is 1. The maximum Gasteiger partial charge on any atom is 0.243 e. The lowest BCUT2D eigenvalue weighted by Gasteiger charge is -2.30. The third kappa shape index (κ3) is 4.16. The van der Waals surface area contributed by atoms with Crippen LogP contribution in [0.5, 0.6) is 0 Å². The predicted octanol–water partition coefficient (Wildman–Crippen LogP) is 3.58. The van der Waals surface area contributed by atoms with E-state index in [0.29, 0.717) is 36.5 Å². The van der Waals surface area contributed by atoms with Gasteiger partial charge in [-0.1, -0.05) is 35.9 Å². The number of carbonyl (C=O) groups excluding carboxylic acids is 1. The molecule has 0 aliphatic carbocycles. The molecule has 2 heterocycles. The second kappa shape index (κ2) is 7.93. The Morgan fingerprint density at radius 2 is 1.76 bits per heavy atom. The van der Waals surface area contributed by atoms with Crippen LogP contribution in [-0.2, 0) is 14.8 Å². The van der Waals surface area contributed by atoms with E-state index in [2.05, 4.69) is 10.3 Å². The number of aromatic nitrogens is 1. The number of rotatable bonds is 4. The molecule has 0 radical (unpaired) electrons. The van der Waals surface area contributed by atoms with Gasteiger partial charge in [0, 0.05) is 24.4 Å². The Kier molecular flexibility index (Phi) is 5.34. The lowest BCUT2D eigenvalue weighted by atomic mass is 9.97. The Morgan fingerprint density at radius 3 is 2.48 bits per heavy atom. The molecule has 0 saturated carbocycles. The number of benzene rings is 2. The number of hydrogen-bond donors (Lipinski definition) is 1. The molecule has 7 heteroatoms. The largest absolute Gasteiger partial charge is 0.324 e. The van der Waals surface area contributed by atoms with Gasteiger partial charge < -0.3 is 5.32 Å². The molecular formula is C22H23N3O3S. The Hall–Kier alpha value is -2.77. The van der Waals surface area contributed by atoms with Crippen LogP contribution in [0.25, 0.3) is 10.9 Å². The van der Waals surface area contributed by atoms with Gasteiger partial charge >= 0.3 is 0 Å². The first-order chi connectivity index (χ1) is 13.9. The Balaban J connectivity index is 1.39. The van der Waals surface area contributed by atoms with Crippen molar-refractivity contribution in [3.8, 4) is 0 Å². The molecule has 2 aromatic carbocycles. The van der Waals surface area contributed by atoms with Gasteiger partial charge in [-0.05, 0) is 44.0 Å². The zero-order valence-electron chi connectivity index (χ0n) is 16.2. The van der Waals surface area contributed by atoms with Gasteiger partial charge in [0.2, 0.25) is 15.9 Å². The van der Waals surface area contributed by atoms with Gasteiger partial charge in [0.15, 0.2) is 0 Å². The molecular weight excluding hydrogens is 386 g/mol. The van der Waals surface area contributed by atoms with E-state index in [9.17, 15) is 13.2 Å². The maximum absolute atomic E-state index is 12.8. The highest BCUT2D eigenvalue weighted by atomic mass is 32.2. The molecule has 0 unspecified atom stereocenters. The molecule has 29 heavy (non-hydrogen) atoms. The summed E-state index contributed by atoms with van der Waals surface area (Å²) in [7, 11) is -3.52. The van der Waals surface area contributed by atoms with Crippen LogP contribution in [0.4, 0.5) is 5.69 Å². The van der Waals surface area contributed by atoms with E-state index in [1.54, 1.807) is 30.5 Å². The summed E-state index contributed by atoms with van der Waals surface area (Å²) in [5.41, 5.74) is 2.55. The van der Waals surface area contributed by atoms with Gasteiger partial charge in [-0.15, -0.1) is 0 Å². The zero-order chi connectivity index (χ0) is 20.4. The van der Waals surface area contributed by atoms with Gasteiger partial charge in [-0.2, -0.15) is 4.31 Å². The number of sulfonamides is 1. The van der Waals surface area contributed by atoms with Crippen LogP contribution in [0, 0.1) is 12.8 Å². The summed E-state index contributed by atoms with van der Waals surface area (Å²) in [6.07, 6.45) is 2.65. The summed E-state index contributed by atoms with van der Waals surface area (Å²) in [4.78, 5) is 17.3. The summed E-state index contributed by atoms with van der Waals surface area (Å²) in [6.45, 7) is 2.60. The van der Waals surface area contributed by atoms with E-state index in [1.807, 2.05) is 37.3 Å². The molecule has 0 atom stereocenters. The average molecular weight is 410 g/mol. The number of anilines is 1. The number of nitrogens with one attached hydrogen (secondary N) is 1. The number of carbonyl (C=O) groups is 1. The van der Waals surface area contributed by atoms with Crippen molar-refractivity contribution in [1.29, 1.82) is 0 Å². The molecule has 150 valence electrons. The molecule has 0 spiro atoms. The molecule has 1 N–H and O–H groups in total. The van der Waals surface area contributed by atoms with Crippen LogP contribution in [0.15, 0.2) is 65.7 Å². The van der Waals surface area contributed by atoms with Crippen molar-refractivity contribution in [2.45, 2.75) is 24.7 Å². The Morgan fingerprint density at radius 1 is 1.07 bits per heavy atom. The quantitative estimate of drug-likeness (QED) is 0.714. The van der Waals surface area contributed by atoms with Crippen LogP contribution in [0.3, 0.4) is 0 Å². The average Bonchev–Trinajstić information content (AvgIpc) is 2.74. The molecule has 3 aromatic rings. The second-order valence-electron chi connectivity index (χ2n) is 7.40. The second-order valence-corrected chi connectivity index (χ2v) is 9.34. The third-order valence-corrected chi connectivity index (χ3v) is 7.25. The smallest absolute Gasteiger partial charge is 0.243 e. The fraction of sp³-hybridized carbons (Fsp3) is 0.273. The molecule has 6 nitrogen and oxygen atoms in total. The summed E-state index contributed by atoms with van der Waals surface area (Å²) in [6, 6.07) is 16.5. The highest BCUT2D eigenvalue weighted by molar-refractivity contribution is 7.89. The highest BCUT2D eigenvalue weighted by Gasteiger charge is 2.32. The van der Waals surface area contributed by atoms with Crippen LogP contribution >= 0.6 is 0 Å². The number of fused-ring (bicyclic) bond motifs is 1. The normalized spacial score (nSPS) is 16.0. The molecule has 1 amide bonds. The molecule has 1 aromatic heterocycles. The van der Waals surface area contributed by atoms with E-state index < -0.39 is 10.0 Å². The Labute approximate surface area is 170 Å². The fourth-order valence-electron chi connectivity index (χ4n) is 3.60. The van der Waals surface area contributed by atoms with Gasteiger partial charge in [0.25, 0.3) is 0 Å². The number of piperidine rings is 1. The van der Waals surface area contributed by atoms with E-state index in [1.165, 1.54) is 4.31 Å². The van der Waals surface area contributed by atoms with Crippen LogP contribution in [-0.4, -0.2) is 36.7 Å². The number of pyridine rings is 1. The molecule has 1 fully saturated rings. The van der Waals surface area contributed by atoms with Crippen molar-refractivity contribution in [3.05, 3.63) is 66.4 Å². The molecule has 1 aliphatic heterocycles. The standard InChI is InChI=1S/C22H23N3O3S/c1-16-6-8-20(9-7-16)29(27,28)25-12-10-17(11-13-25)22(26)24-19-14-18-4-2-3-5-21(18)23-15-19/h2-9,14-15,17H,10-13H2,1H3,(H,24,26). The lowest BCUT2D eigenvalue weighted by molar-refractivity contribution is -0.120. The van der Waals surface area contributed by atoms with Crippen LogP contribution < -0.4 is 5.32 Å². The first-order valence-corrected chi connectivity index (χ1v) is 11.1. The molecule has 1 aliphatic rings. The van der Waals surface area contributed by atoms with Gasteiger partial charge in [-0.25, -0.2) is 8.42 Å². The monoisotopic (exact) mass is 409 g/mol. The summed E-state index contributed by atoms with van der Waals surface area (Å²) in [5.74, 6) is -0.305. The predicted molar refractivity (Wildman–Crippen MR) is 113 cm³/mol. The van der Waals surface area contributed by atoms with Crippen molar-refractivity contribution < 1.29 is 13.2 Å². The van der Waals surface area contributed by atoms with E-state index in [4.69, 9.17) is 0 Å². The number of aryl methyl sites for hydroxylation is 1. The SMILES string of the molecule is Cc1ccc(S(=O)(=O)N2CCC(C(=O)Nc3cnc4ccccc4c3)CC2)cc1. The molecule has 1 saturated heterocycles. The minimum atomic E-state index is -3.52. The van der Waals surface area contributed by atoms with E-state index in [-0.39, 0.29) is 11.8 Å². The minimum absolute atomic E-state index is 0.0885. The molecule has 0 bridgehead atoms. The van der Waals surface area contributed by atoms with E-state index in [0.717, 1.165) is 16.5 Å². The summed E-state index contributed by atoms with van der Waals surface area (Å²) in [5, 5.41) is 3.89. The van der Waals surface area contributed by atoms with E-state index >= 15 is 0 Å². The van der Waals surface area contributed by atoms with Crippen molar-refractivity contribution in [2.75, 3.05) is 18.4 Å². The van der Waals surface area contributed by atoms with Crippen molar-refractivity contribution in [2.24, 2.45) is 5.92 Å². The third-order valence-electron chi connectivity index (χ3n) is 5.34. The summed E-state index contributed by atoms with van der Waals surface area (Å²) < 4.78 is 27.1. The zero-order valence-corrected chi connectivity index (χ0v) is 17.0. The van der Waals surface area contributed by atoms with Gasteiger partial charge in [0.1, 0.15) is 0 Å². The summed E-state index contributed by atoms with van der Waals surface area (Å²) >= 11 is 0. The van der Waals surface area contributed by atoms with Crippen LogP contribution in [0.1, 0.15) is 18.4 Å². The highest BCUT2D eigenvalue weighted by Crippen LogP contribution is 2.25. The van der Waals surface area contributed by atoms with Crippen LogP contribution in [0.2, 0.25) is 0 Å². The fourth-order valence-corrected chi connectivity index (χ4v) is 5.07. The molecule has 4 rings (SSSR count). The lowest BCUT2D eigenvalue weighted by Crippen LogP contribution is -2.41. The first-order valence-electron chi connectivity index (χ1n) is 9.66. The minimum Gasteiger partial charge on any atom is -0.324 e. The topological polar surface area (TPSA) is 79.4 Å². The van der Waals surface area contributed by atoms with Crippen molar-refractivity contribution in [1.82, 2.24) is 9.29 Å². The number of nitrogens with zero attached hydrogens (tertiary/aromatic N) is 2. The van der Waals surface area contributed by atoms with Gasteiger partial charge in [-0.3, -0.25) is 9.78 Å². The number of hydrogen-bond acceptors (Lipinski definition) is 4. The van der Waals surface area contributed by atoms with Crippen molar-refractivity contribution in [3.63, 3.8) is 0 Å². The first kappa shape index (κ1) is 19.5. The van der Waals surface area contributed by atoms with Crippen molar-refractivity contribution >= 4 is 32.5 Å². The Bertz CT molecular complexity index is 1140. The van der Waals surface area contributed by atoms with Gasteiger partial charge in [0.05, 0.1) is 22.3 Å². The number of amides is 1.